The molecule has 6 heteroatoms. The molecule has 4 aliphatic rings. The summed E-state index contributed by atoms with van der Waals surface area (Å²) >= 11 is 7.12. The number of hydrazine groups is 1. The Morgan fingerprint density at radius 3 is 2.30 bits per heavy atom. The minimum atomic E-state index is -0.139. The van der Waals surface area contributed by atoms with Crippen LogP contribution >= 0.6 is 24.0 Å². The number of benzene rings is 1. The molecule has 1 amide bonds. The van der Waals surface area contributed by atoms with Crippen LogP contribution in [0.25, 0.3) is 0 Å². The van der Waals surface area contributed by atoms with Gasteiger partial charge in [-0.1, -0.05) is 30.3 Å². The third kappa shape index (κ3) is 4.60. The van der Waals surface area contributed by atoms with Crippen molar-refractivity contribution in [1.29, 1.82) is 0 Å². The maximum Gasteiger partial charge on any atom is 0.251 e. The van der Waals surface area contributed by atoms with E-state index in [9.17, 15) is 4.79 Å². The van der Waals surface area contributed by atoms with Gasteiger partial charge in [0.05, 0.1) is 5.25 Å². The molecule has 1 aromatic rings. The Bertz CT molecular complexity index is 659. The first-order valence-electron chi connectivity index (χ1n) is 10.0. The number of hydrogen-bond acceptors (Lipinski definition) is 3. The van der Waals surface area contributed by atoms with Crippen molar-refractivity contribution in [3.63, 3.8) is 0 Å². The van der Waals surface area contributed by atoms with Crippen LogP contribution < -0.4 is 16.2 Å². The van der Waals surface area contributed by atoms with Crippen LogP contribution in [0.5, 0.6) is 0 Å². The predicted molar refractivity (Wildman–Crippen MR) is 115 cm³/mol. The highest BCUT2D eigenvalue weighted by Gasteiger charge is 2.51. The van der Waals surface area contributed by atoms with Gasteiger partial charge in [0, 0.05) is 11.3 Å². The van der Waals surface area contributed by atoms with Crippen LogP contribution in [0, 0.1) is 17.8 Å². The number of thiocarbonyl (C=S) groups is 1. The molecule has 0 spiro atoms. The lowest BCUT2D eigenvalue weighted by Gasteiger charge is -2.57. The maximum atomic E-state index is 12.4. The van der Waals surface area contributed by atoms with Gasteiger partial charge < -0.3 is 5.32 Å². The molecule has 0 heterocycles. The fourth-order valence-electron chi connectivity index (χ4n) is 5.63. The quantitative estimate of drug-likeness (QED) is 0.516. The Morgan fingerprint density at radius 2 is 1.70 bits per heavy atom. The first-order chi connectivity index (χ1) is 13.0. The molecule has 27 heavy (non-hydrogen) atoms. The molecule has 1 aromatic carbocycles. The minimum Gasteiger partial charge on any atom is -0.356 e. The molecule has 146 valence electrons. The first-order valence-corrected chi connectivity index (χ1v) is 11.5. The molecule has 3 N–H and O–H groups in total. The van der Waals surface area contributed by atoms with Crippen molar-refractivity contribution in [2.45, 2.75) is 62.0 Å². The van der Waals surface area contributed by atoms with E-state index in [4.69, 9.17) is 12.2 Å². The van der Waals surface area contributed by atoms with Gasteiger partial charge in [0.15, 0.2) is 5.11 Å². The maximum absolute atomic E-state index is 12.4. The summed E-state index contributed by atoms with van der Waals surface area (Å²) in [6.07, 6.45) is 7.93. The average Bonchev–Trinajstić information content (AvgIpc) is 2.63. The monoisotopic (exact) mass is 403 g/mol. The summed E-state index contributed by atoms with van der Waals surface area (Å²) in [6, 6.07) is 10.2. The van der Waals surface area contributed by atoms with Gasteiger partial charge in [0.2, 0.25) is 0 Å². The molecule has 0 aliphatic heterocycles. The molecule has 0 radical (unpaired) electrons. The number of rotatable bonds is 5. The van der Waals surface area contributed by atoms with Crippen molar-refractivity contribution in [2.24, 2.45) is 17.8 Å². The Hall–Kier alpha value is -1.27. The van der Waals surface area contributed by atoms with Gasteiger partial charge in [-0.25, -0.2) is 0 Å². The van der Waals surface area contributed by atoms with Crippen LogP contribution in [0.4, 0.5) is 0 Å². The van der Waals surface area contributed by atoms with Crippen LogP contribution in [0.1, 0.15) is 51.0 Å². The first kappa shape index (κ1) is 19.1. The molecule has 4 aliphatic carbocycles. The highest BCUT2D eigenvalue weighted by Crippen LogP contribution is 2.55. The van der Waals surface area contributed by atoms with E-state index in [1.807, 2.05) is 25.1 Å². The largest absolute Gasteiger partial charge is 0.356 e. The minimum absolute atomic E-state index is 0.0365. The van der Waals surface area contributed by atoms with E-state index in [1.54, 1.807) is 11.8 Å². The van der Waals surface area contributed by atoms with Gasteiger partial charge in [0.1, 0.15) is 0 Å². The molecule has 4 nitrogen and oxygen atoms in total. The Kier molecular flexibility index (Phi) is 5.65. The molecule has 0 saturated heterocycles. The standard InChI is InChI=1S/C21H29N3OS2/c1-14(27-13-15-5-3-2-4-6-15)19(25)23-24-20(26)22-21-10-16-7-17(11-21)9-18(8-16)12-21/h2-6,14,16-18H,7-13H2,1H3,(H,23,25)(H2,22,24,26)/t14-,16?,17?,18?,21?/m0/s1. The zero-order valence-electron chi connectivity index (χ0n) is 15.9. The van der Waals surface area contributed by atoms with Crippen molar-refractivity contribution in [3.8, 4) is 0 Å². The predicted octanol–water partition coefficient (Wildman–Crippen LogP) is 3.77. The summed E-state index contributed by atoms with van der Waals surface area (Å²) < 4.78 is 0. The molecular weight excluding hydrogens is 374 g/mol. The van der Waals surface area contributed by atoms with Gasteiger partial charge in [-0.15, -0.1) is 11.8 Å². The number of amides is 1. The molecule has 1 atom stereocenters. The molecule has 0 unspecified atom stereocenters. The van der Waals surface area contributed by atoms with E-state index in [-0.39, 0.29) is 16.7 Å². The van der Waals surface area contributed by atoms with Gasteiger partial charge in [0.25, 0.3) is 5.91 Å². The van der Waals surface area contributed by atoms with Crippen LogP contribution in [-0.4, -0.2) is 21.8 Å². The molecular formula is C21H29N3OS2. The van der Waals surface area contributed by atoms with Gasteiger partial charge >= 0.3 is 0 Å². The van der Waals surface area contributed by atoms with E-state index in [2.05, 4.69) is 28.3 Å². The Morgan fingerprint density at radius 1 is 1.11 bits per heavy atom. The van der Waals surface area contributed by atoms with Crippen LogP contribution in [-0.2, 0) is 10.5 Å². The van der Waals surface area contributed by atoms with Crippen LogP contribution in [0.15, 0.2) is 30.3 Å². The van der Waals surface area contributed by atoms with E-state index in [0.29, 0.717) is 5.11 Å². The van der Waals surface area contributed by atoms with E-state index >= 15 is 0 Å². The summed E-state index contributed by atoms with van der Waals surface area (Å²) in [7, 11) is 0. The van der Waals surface area contributed by atoms with E-state index in [1.165, 1.54) is 44.1 Å². The number of nitrogens with one attached hydrogen (secondary N) is 3. The molecule has 4 saturated carbocycles. The third-order valence-corrected chi connectivity index (χ3v) is 7.85. The fraction of sp³-hybridized carbons (Fsp3) is 0.619. The van der Waals surface area contributed by atoms with Crippen molar-refractivity contribution in [3.05, 3.63) is 35.9 Å². The summed E-state index contributed by atoms with van der Waals surface area (Å²) in [5.41, 5.74) is 7.13. The molecule has 4 bridgehead atoms. The zero-order chi connectivity index (χ0) is 18.9. The zero-order valence-corrected chi connectivity index (χ0v) is 17.5. The Labute approximate surface area is 171 Å². The van der Waals surface area contributed by atoms with Crippen LogP contribution in [0.2, 0.25) is 0 Å². The lowest BCUT2D eigenvalue weighted by molar-refractivity contribution is -0.120. The highest BCUT2D eigenvalue weighted by atomic mass is 32.2. The van der Waals surface area contributed by atoms with Gasteiger partial charge in [-0.2, -0.15) is 0 Å². The number of carbonyl (C=O) groups is 1. The average molecular weight is 404 g/mol. The van der Waals surface area contributed by atoms with E-state index < -0.39 is 0 Å². The van der Waals surface area contributed by atoms with Crippen molar-refractivity contribution < 1.29 is 4.79 Å². The van der Waals surface area contributed by atoms with Crippen molar-refractivity contribution in [1.82, 2.24) is 16.2 Å². The SMILES string of the molecule is C[C@H](SCc1ccccc1)C(=O)NNC(=S)NC12CC3CC(CC(C3)C1)C2. The second-order valence-corrected chi connectivity index (χ2v) is 10.4. The topological polar surface area (TPSA) is 53.2 Å². The molecule has 4 fully saturated rings. The lowest BCUT2D eigenvalue weighted by atomic mass is 9.53. The summed E-state index contributed by atoms with van der Waals surface area (Å²) in [4.78, 5) is 12.4. The van der Waals surface area contributed by atoms with Gasteiger partial charge in [-0.3, -0.25) is 15.6 Å². The van der Waals surface area contributed by atoms with Gasteiger partial charge in [-0.05, 0) is 81.0 Å². The summed E-state index contributed by atoms with van der Waals surface area (Å²) in [5.74, 6) is 3.40. The summed E-state index contributed by atoms with van der Waals surface area (Å²) in [5, 5.41) is 4.00. The van der Waals surface area contributed by atoms with Crippen molar-refractivity contribution in [2.75, 3.05) is 0 Å². The molecule has 5 rings (SSSR count). The normalized spacial score (nSPS) is 32.0. The summed E-state index contributed by atoms with van der Waals surface area (Å²) in [6.45, 7) is 1.93. The van der Waals surface area contributed by atoms with E-state index in [0.717, 1.165) is 23.5 Å². The molecule has 0 aromatic heterocycles. The fourth-order valence-corrected chi connectivity index (χ4v) is 6.74. The third-order valence-electron chi connectivity index (χ3n) is 6.43. The Balaban J connectivity index is 1.21. The highest BCUT2D eigenvalue weighted by molar-refractivity contribution is 7.99. The lowest BCUT2D eigenvalue weighted by Crippen LogP contribution is -2.63. The number of thioether (sulfide) groups is 1. The number of hydrogen-bond donors (Lipinski definition) is 3. The second-order valence-electron chi connectivity index (χ2n) is 8.71. The number of carbonyl (C=O) groups excluding carboxylic acids is 1. The van der Waals surface area contributed by atoms with Crippen LogP contribution in [0.3, 0.4) is 0 Å². The smallest absolute Gasteiger partial charge is 0.251 e. The van der Waals surface area contributed by atoms with Crippen molar-refractivity contribution >= 4 is 35.0 Å². The second kappa shape index (κ2) is 8.00.